The quantitative estimate of drug-likeness (QED) is 0.770. The van der Waals surface area contributed by atoms with E-state index in [4.69, 9.17) is 11.5 Å². The molecule has 0 spiro atoms. The molecule has 0 fully saturated rings. The van der Waals surface area contributed by atoms with Gasteiger partial charge in [-0.2, -0.15) is 15.0 Å². The number of hydrogen-bond donors (Lipinski definition) is 2. The summed E-state index contributed by atoms with van der Waals surface area (Å²) in [5, 5.41) is 0. The van der Waals surface area contributed by atoms with Crippen LogP contribution in [0, 0.1) is 0 Å². The van der Waals surface area contributed by atoms with Crippen molar-refractivity contribution in [1.82, 2.24) is 15.0 Å². The first kappa shape index (κ1) is 19.9. The normalized spacial score (nSPS) is 8.89. The molecule has 0 radical (unpaired) electrons. The molecule has 0 bridgehead atoms. The smallest absolute Gasteiger partial charge is 0.225 e. The lowest BCUT2D eigenvalue weighted by molar-refractivity contribution is 0.622. The number of aryl methyl sites for hydroxylation is 1. The van der Waals surface area contributed by atoms with E-state index in [1.807, 2.05) is 27.7 Å². The van der Waals surface area contributed by atoms with Gasteiger partial charge in [-0.25, -0.2) is 0 Å². The predicted octanol–water partition coefficient (Wildman–Crippen LogP) is 3.60. The van der Waals surface area contributed by atoms with Crippen molar-refractivity contribution in [3.63, 3.8) is 0 Å². The molecular weight excluding hydrogens is 238 g/mol. The van der Waals surface area contributed by atoms with Crippen molar-refractivity contribution in [3.8, 4) is 0 Å². The highest BCUT2D eigenvalue weighted by Gasteiger charge is 2.01. The maximum Gasteiger partial charge on any atom is 0.225 e. The maximum atomic E-state index is 5.47. The highest BCUT2D eigenvalue weighted by atomic mass is 15.1. The zero-order valence-corrected chi connectivity index (χ0v) is 13.2. The van der Waals surface area contributed by atoms with Crippen molar-refractivity contribution in [2.45, 2.75) is 73.1 Å². The Balaban J connectivity index is 0. The topological polar surface area (TPSA) is 90.7 Å². The van der Waals surface area contributed by atoms with Crippen LogP contribution in [-0.2, 0) is 6.42 Å². The average Bonchev–Trinajstić information content (AvgIpc) is 2.42. The molecule has 0 unspecified atom stereocenters. The summed E-state index contributed by atoms with van der Waals surface area (Å²) in [6.07, 6.45) is 6.95. The van der Waals surface area contributed by atoms with E-state index in [1.54, 1.807) is 0 Å². The lowest BCUT2D eigenvalue weighted by Gasteiger charge is -2.01. The Morgan fingerprint density at radius 2 is 1.21 bits per heavy atom. The van der Waals surface area contributed by atoms with E-state index in [0.717, 1.165) is 12.8 Å². The zero-order valence-electron chi connectivity index (χ0n) is 13.2. The number of hydrogen-bond acceptors (Lipinski definition) is 5. The van der Waals surface area contributed by atoms with E-state index in [-0.39, 0.29) is 11.9 Å². The van der Waals surface area contributed by atoms with Gasteiger partial charge < -0.3 is 11.5 Å². The van der Waals surface area contributed by atoms with Crippen LogP contribution in [0.2, 0.25) is 0 Å². The van der Waals surface area contributed by atoms with Crippen LogP contribution >= 0.6 is 0 Å². The summed E-state index contributed by atoms with van der Waals surface area (Å²) in [4.78, 5) is 11.8. The van der Waals surface area contributed by atoms with Gasteiger partial charge in [0.15, 0.2) is 0 Å². The van der Waals surface area contributed by atoms with Gasteiger partial charge in [-0.05, 0) is 6.42 Å². The maximum absolute atomic E-state index is 5.47. The van der Waals surface area contributed by atoms with Crippen LogP contribution in [0.5, 0.6) is 0 Å². The highest BCUT2D eigenvalue weighted by Crippen LogP contribution is 2.07. The number of rotatable bonds is 6. The number of unbranched alkanes of at least 4 members (excludes halogenated alkanes) is 4. The molecule has 0 saturated heterocycles. The Kier molecular flexibility index (Phi) is 15.4. The van der Waals surface area contributed by atoms with Gasteiger partial charge in [0, 0.05) is 6.42 Å². The van der Waals surface area contributed by atoms with Gasteiger partial charge in [0.05, 0.1) is 0 Å². The zero-order chi connectivity index (χ0) is 15.1. The fourth-order valence-corrected chi connectivity index (χ4v) is 1.46. The largest absolute Gasteiger partial charge is 0.368 e. The molecule has 4 N–H and O–H groups in total. The van der Waals surface area contributed by atoms with Gasteiger partial charge in [0.25, 0.3) is 0 Å². The van der Waals surface area contributed by atoms with E-state index in [9.17, 15) is 0 Å². The molecule has 5 heteroatoms. The minimum Gasteiger partial charge on any atom is -0.368 e. The first-order chi connectivity index (χ1) is 9.22. The Labute approximate surface area is 118 Å². The van der Waals surface area contributed by atoms with Crippen molar-refractivity contribution < 1.29 is 0 Å². The van der Waals surface area contributed by atoms with Crippen molar-refractivity contribution in [1.29, 1.82) is 0 Å². The predicted molar refractivity (Wildman–Crippen MR) is 83.8 cm³/mol. The Morgan fingerprint density at radius 3 is 1.68 bits per heavy atom. The van der Waals surface area contributed by atoms with Crippen LogP contribution < -0.4 is 11.5 Å². The fourth-order valence-electron chi connectivity index (χ4n) is 1.46. The molecule has 0 aliphatic carbocycles. The molecule has 0 aromatic carbocycles. The monoisotopic (exact) mass is 269 g/mol. The van der Waals surface area contributed by atoms with E-state index in [0.29, 0.717) is 5.82 Å². The van der Waals surface area contributed by atoms with Crippen LogP contribution in [0.4, 0.5) is 11.9 Å². The van der Waals surface area contributed by atoms with Crippen LogP contribution in [0.1, 0.15) is 72.5 Å². The molecule has 0 aliphatic heterocycles. The van der Waals surface area contributed by atoms with Gasteiger partial charge in [-0.15, -0.1) is 0 Å². The van der Waals surface area contributed by atoms with E-state index in [1.165, 1.54) is 25.7 Å². The third kappa shape index (κ3) is 11.4. The molecule has 0 atom stereocenters. The van der Waals surface area contributed by atoms with E-state index < -0.39 is 0 Å². The summed E-state index contributed by atoms with van der Waals surface area (Å²) >= 11 is 0. The van der Waals surface area contributed by atoms with Gasteiger partial charge in [-0.1, -0.05) is 60.3 Å². The second-order valence-corrected chi connectivity index (χ2v) is 3.63. The van der Waals surface area contributed by atoms with Crippen molar-refractivity contribution in [3.05, 3.63) is 5.82 Å². The first-order valence-corrected chi connectivity index (χ1v) is 7.48. The van der Waals surface area contributed by atoms with Gasteiger partial charge >= 0.3 is 0 Å². The molecule has 0 saturated carbocycles. The van der Waals surface area contributed by atoms with Gasteiger partial charge in [0.2, 0.25) is 11.9 Å². The molecule has 1 rings (SSSR count). The lowest BCUT2D eigenvalue weighted by atomic mass is 10.1. The average molecular weight is 269 g/mol. The number of nitrogens with zero attached hydrogens (tertiary/aromatic N) is 3. The summed E-state index contributed by atoms with van der Waals surface area (Å²) < 4.78 is 0. The molecule has 19 heavy (non-hydrogen) atoms. The Bertz CT molecular complexity index is 282. The molecule has 1 aromatic heterocycles. The van der Waals surface area contributed by atoms with Crippen molar-refractivity contribution in [2.75, 3.05) is 11.5 Å². The molecule has 0 aliphatic rings. The minimum absolute atomic E-state index is 0.214. The molecule has 5 nitrogen and oxygen atoms in total. The summed E-state index contributed by atoms with van der Waals surface area (Å²) in [7, 11) is 0. The summed E-state index contributed by atoms with van der Waals surface area (Å²) in [6, 6.07) is 0. The summed E-state index contributed by atoms with van der Waals surface area (Å²) in [6.45, 7) is 10.2. The Morgan fingerprint density at radius 1 is 0.737 bits per heavy atom. The van der Waals surface area contributed by atoms with Crippen LogP contribution in [0.3, 0.4) is 0 Å². The minimum atomic E-state index is 0.214. The van der Waals surface area contributed by atoms with Crippen LogP contribution in [0.25, 0.3) is 0 Å². The fraction of sp³-hybridized carbons (Fsp3) is 0.786. The second kappa shape index (κ2) is 14.7. The number of aromatic nitrogens is 3. The number of nitrogen functional groups attached to an aromatic ring is 2. The lowest BCUT2D eigenvalue weighted by Crippen LogP contribution is -2.06. The summed E-state index contributed by atoms with van der Waals surface area (Å²) in [5.74, 6) is 1.13. The third-order valence-electron chi connectivity index (χ3n) is 2.22. The van der Waals surface area contributed by atoms with E-state index >= 15 is 0 Å². The van der Waals surface area contributed by atoms with Crippen LogP contribution in [0.15, 0.2) is 0 Å². The number of anilines is 2. The molecule has 0 amide bonds. The highest BCUT2D eigenvalue weighted by molar-refractivity contribution is 5.25. The van der Waals surface area contributed by atoms with Gasteiger partial charge in [0.1, 0.15) is 5.82 Å². The van der Waals surface area contributed by atoms with Crippen LogP contribution in [-0.4, -0.2) is 15.0 Å². The first-order valence-electron chi connectivity index (χ1n) is 7.48. The third-order valence-corrected chi connectivity index (χ3v) is 2.22. The van der Waals surface area contributed by atoms with Crippen molar-refractivity contribution >= 4 is 11.9 Å². The second-order valence-electron chi connectivity index (χ2n) is 3.63. The van der Waals surface area contributed by atoms with Crippen molar-refractivity contribution in [2.24, 2.45) is 0 Å². The van der Waals surface area contributed by atoms with E-state index in [2.05, 4.69) is 21.9 Å². The van der Waals surface area contributed by atoms with Gasteiger partial charge in [-0.3, -0.25) is 0 Å². The SMILES string of the molecule is CC.CC.CCCCCCCc1nc(N)nc(N)n1. The molecular formula is C14H31N5. The molecule has 1 aromatic rings. The number of nitrogens with two attached hydrogens (primary N) is 2. The Hall–Kier alpha value is -1.39. The standard InChI is InChI=1S/C10H19N5.2C2H6/c1-2-3-4-5-6-7-8-13-9(11)15-10(12)14-8;2*1-2/h2-7H2,1H3,(H4,11,12,13,14,15);2*1-2H3. The summed E-state index contributed by atoms with van der Waals surface area (Å²) in [5.41, 5.74) is 10.9. The molecule has 1 heterocycles. The molecule has 112 valence electrons.